The van der Waals surface area contributed by atoms with Crippen LogP contribution in [0, 0.1) is 0 Å². The van der Waals surface area contributed by atoms with Crippen molar-refractivity contribution in [2.45, 2.75) is 19.3 Å². The molecule has 164 valence electrons. The van der Waals surface area contributed by atoms with Crippen LogP contribution in [0.4, 0.5) is 30.6 Å². The number of aliphatic hydroxyl groups is 1. The summed E-state index contributed by atoms with van der Waals surface area (Å²) >= 11 is 6.13. The molecule has 3 rings (SSSR count). The standard InChI is InChI=1S/C20H18ClF3N4O3/c1-11(10-29)25-19-27-17(12-3-2-4-14(7-12)31-20(22,23)24)9-18(28-19)26-16-6-5-13(30)8-15(16)21/h2-9,11,29-30H,10H2,1H3,(H2,25,26,27,28)/t11-/m0/s1. The Balaban J connectivity index is 2.00. The Morgan fingerprint density at radius 3 is 2.58 bits per heavy atom. The molecule has 7 nitrogen and oxygen atoms in total. The molecule has 0 radical (unpaired) electrons. The van der Waals surface area contributed by atoms with E-state index in [1.54, 1.807) is 19.1 Å². The molecule has 0 bridgehead atoms. The Labute approximate surface area is 180 Å². The van der Waals surface area contributed by atoms with Crippen LogP contribution >= 0.6 is 11.6 Å². The number of alkyl halides is 3. The maximum atomic E-state index is 12.6. The van der Waals surface area contributed by atoms with E-state index in [-0.39, 0.29) is 35.2 Å². The number of rotatable bonds is 7. The Morgan fingerprint density at radius 2 is 1.90 bits per heavy atom. The number of hydrogen-bond donors (Lipinski definition) is 4. The first kappa shape index (κ1) is 22.4. The van der Waals surface area contributed by atoms with Crippen LogP contribution in [0.5, 0.6) is 11.5 Å². The van der Waals surface area contributed by atoms with Gasteiger partial charge in [0.05, 0.1) is 23.0 Å². The summed E-state index contributed by atoms with van der Waals surface area (Å²) in [6, 6.07) is 10.8. The molecule has 0 fully saturated rings. The molecule has 1 heterocycles. The van der Waals surface area contributed by atoms with Gasteiger partial charge in [0, 0.05) is 23.7 Å². The van der Waals surface area contributed by atoms with Crippen LogP contribution in [0.25, 0.3) is 11.3 Å². The van der Waals surface area contributed by atoms with Crippen LogP contribution in [0.2, 0.25) is 5.02 Å². The lowest BCUT2D eigenvalue weighted by Crippen LogP contribution is -2.21. The molecule has 0 amide bonds. The van der Waals surface area contributed by atoms with Crippen molar-refractivity contribution in [3.63, 3.8) is 0 Å². The van der Waals surface area contributed by atoms with Crippen LogP contribution in [-0.2, 0) is 0 Å². The molecule has 0 aliphatic carbocycles. The highest BCUT2D eigenvalue weighted by Gasteiger charge is 2.31. The van der Waals surface area contributed by atoms with E-state index in [2.05, 4.69) is 25.3 Å². The highest BCUT2D eigenvalue weighted by atomic mass is 35.5. The van der Waals surface area contributed by atoms with Crippen molar-refractivity contribution >= 4 is 29.1 Å². The van der Waals surface area contributed by atoms with Crippen LogP contribution in [0.1, 0.15) is 6.92 Å². The average molecular weight is 455 g/mol. The summed E-state index contributed by atoms with van der Waals surface area (Å²) in [5.74, 6) is 0.0171. The lowest BCUT2D eigenvalue weighted by Gasteiger charge is -2.15. The number of benzene rings is 2. The van der Waals surface area contributed by atoms with E-state index in [0.717, 1.165) is 0 Å². The monoisotopic (exact) mass is 454 g/mol. The van der Waals surface area contributed by atoms with Gasteiger partial charge in [0.1, 0.15) is 17.3 Å². The topological polar surface area (TPSA) is 99.5 Å². The summed E-state index contributed by atoms with van der Waals surface area (Å²) in [7, 11) is 0. The number of anilines is 3. The van der Waals surface area contributed by atoms with Gasteiger partial charge in [-0.25, -0.2) is 4.98 Å². The number of aliphatic hydroxyl groups excluding tert-OH is 1. The number of nitrogens with one attached hydrogen (secondary N) is 2. The normalized spacial score (nSPS) is 12.3. The molecule has 0 aliphatic heterocycles. The van der Waals surface area contributed by atoms with Crippen molar-refractivity contribution in [2.24, 2.45) is 0 Å². The molecule has 0 saturated carbocycles. The van der Waals surface area contributed by atoms with Gasteiger partial charge in [0.15, 0.2) is 0 Å². The number of aromatic nitrogens is 2. The number of aromatic hydroxyl groups is 1. The zero-order chi connectivity index (χ0) is 22.6. The van der Waals surface area contributed by atoms with Crippen LogP contribution in [0.3, 0.4) is 0 Å². The maximum absolute atomic E-state index is 12.6. The highest BCUT2D eigenvalue weighted by Crippen LogP contribution is 2.31. The number of halogens is 4. The second-order valence-corrected chi connectivity index (χ2v) is 6.96. The molecule has 11 heteroatoms. The molecule has 31 heavy (non-hydrogen) atoms. The van der Waals surface area contributed by atoms with Crippen LogP contribution in [-0.4, -0.2) is 39.2 Å². The lowest BCUT2D eigenvalue weighted by molar-refractivity contribution is -0.274. The summed E-state index contributed by atoms with van der Waals surface area (Å²) in [6.07, 6.45) is -4.82. The van der Waals surface area contributed by atoms with Gasteiger partial charge in [-0.3, -0.25) is 0 Å². The fourth-order valence-electron chi connectivity index (χ4n) is 2.59. The second kappa shape index (κ2) is 9.27. The molecule has 0 unspecified atom stereocenters. The quantitative estimate of drug-likeness (QED) is 0.375. The Morgan fingerprint density at radius 1 is 1.13 bits per heavy atom. The summed E-state index contributed by atoms with van der Waals surface area (Å²) < 4.78 is 41.7. The molecule has 3 aromatic rings. The molecule has 0 saturated heterocycles. The first-order valence-corrected chi connectivity index (χ1v) is 9.39. The zero-order valence-electron chi connectivity index (χ0n) is 16.1. The molecule has 0 aliphatic rings. The van der Waals surface area contributed by atoms with E-state index in [1.165, 1.54) is 36.4 Å². The van der Waals surface area contributed by atoms with Crippen molar-refractivity contribution in [2.75, 3.05) is 17.2 Å². The number of nitrogens with zero attached hydrogens (tertiary/aromatic N) is 2. The zero-order valence-corrected chi connectivity index (χ0v) is 16.9. The molecule has 2 aromatic carbocycles. The summed E-state index contributed by atoms with van der Waals surface area (Å²) in [6.45, 7) is 1.52. The van der Waals surface area contributed by atoms with Crippen molar-refractivity contribution in [3.05, 3.63) is 53.6 Å². The minimum atomic E-state index is -4.82. The predicted molar refractivity (Wildman–Crippen MR) is 111 cm³/mol. The van der Waals surface area contributed by atoms with E-state index >= 15 is 0 Å². The van der Waals surface area contributed by atoms with E-state index in [1.807, 2.05) is 0 Å². The summed E-state index contributed by atoms with van der Waals surface area (Å²) in [5, 5.41) is 24.9. The number of phenols is 1. The second-order valence-electron chi connectivity index (χ2n) is 6.55. The van der Waals surface area contributed by atoms with Gasteiger partial charge in [-0.15, -0.1) is 13.2 Å². The third-order valence-electron chi connectivity index (χ3n) is 3.95. The van der Waals surface area contributed by atoms with Crippen molar-refractivity contribution in [3.8, 4) is 22.8 Å². The summed E-state index contributed by atoms with van der Waals surface area (Å²) in [5.41, 5.74) is 1.09. The molecule has 1 atom stereocenters. The van der Waals surface area contributed by atoms with Crippen LogP contribution in [0.15, 0.2) is 48.5 Å². The smallest absolute Gasteiger partial charge is 0.508 e. The largest absolute Gasteiger partial charge is 0.573 e. The molecular weight excluding hydrogens is 437 g/mol. The molecule has 4 N–H and O–H groups in total. The first-order valence-electron chi connectivity index (χ1n) is 9.01. The Bertz CT molecular complexity index is 1070. The highest BCUT2D eigenvalue weighted by molar-refractivity contribution is 6.33. The minimum absolute atomic E-state index is 0.0143. The SMILES string of the molecule is C[C@@H](CO)Nc1nc(Nc2ccc(O)cc2Cl)cc(-c2cccc(OC(F)(F)F)c2)n1. The fourth-order valence-corrected chi connectivity index (χ4v) is 2.81. The molecule has 0 spiro atoms. The van der Waals surface area contributed by atoms with Gasteiger partial charge in [0.25, 0.3) is 0 Å². The third kappa shape index (κ3) is 6.37. The van der Waals surface area contributed by atoms with Gasteiger partial charge in [-0.2, -0.15) is 4.98 Å². The number of hydrogen-bond acceptors (Lipinski definition) is 7. The average Bonchev–Trinajstić information content (AvgIpc) is 2.69. The molecule has 1 aromatic heterocycles. The van der Waals surface area contributed by atoms with Gasteiger partial charge in [-0.05, 0) is 31.2 Å². The van der Waals surface area contributed by atoms with Gasteiger partial charge >= 0.3 is 6.36 Å². The number of ether oxygens (including phenoxy) is 1. The lowest BCUT2D eigenvalue weighted by atomic mass is 10.1. The Kier molecular flexibility index (Phi) is 6.71. The van der Waals surface area contributed by atoms with Gasteiger partial charge in [-0.1, -0.05) is 23.7 Å². The van der Waals surface area contributed by atoms with Crippen molar-refractivity contribution < 1.29 is 28.1 Å². The fraction of sp³-hybridized carbons (Fsp3) is 0.200. The predicted octanol–water partition coefficient (Wildman–Crippen LogP) is 4.94. The first-order chi connectivity index (χ1) is 14.6. The van der Waals surface area contributed by atoms with Crippen LogP contribution < -0.4 is 15.4 Å². The number of phenolic OH excluding ortho intramolecular Hbond substituents is 1. The van der Waals surface area contributed by atoms with Gasteiger partial charge < -0.3 is 25.6 Å². The van der Waals surface area contributed by atoms with E-state index in [9.17, 15) is 23.4 Å². The molecular formula is C20H18ClF3N4O3. The van der Waals surface area contributed by atoms with Gasteiger partial charge in [0.2, 0.25) is 5.95 Å². The van der Waals surface area contributed by atoms with E-state index in [4.69, 9.17) is 11.6 Å². The summed E-state index contributed by atoms with van der Waals surface area (Å²) in [4.78, 5) is 8.63. The van der Waals surface area contributed by atoms with Crippen molar-refractivity contribution in [1.82, 2.24) is 9.97 Å². The van der Waals surface area contributed by atoms with E-state index < -0.39 is 12.1 Å². The Hall–Kier alpha value is -3.24. The minimum Gasteiger partial charge on any atom is -0.508 e. The third-order valence-corrected chi connectivity index (χ3v) is 4.27. The van der Waals surface area contributed by atoms with E-state index in [0.29, 0.717) is 16.9 Å². The maximum Gasteiger partial charge on any atom is 0.573 e. The van der Waals surface area contributed by atoms with Crippen molar-refractivity contribution in [1.29, 1.82) is 0 Å².